The Labute approximate surface area is 197 Å². The minimum absolute atomic E-state index is 0.0368. The molecule has 0 aliphatic heterocycles. The van der Waals surface area contributed by atoms with Crippen LogP contribution in [0.4, 0.5) is 0 Å². The molecule has 0 radical (unpaired) electrons. The van der Waals surface area contributed by atoms with Crippen LogP contribution in [0.2, 0.25) is 10.0 Å². The van der Waals surface area contributed by atoms with Crippen molar-refractivity contribution >= 4 is 45.0 Å². The van der Waals surface area contributed by atoms with Crippen molar-refractivity contribution < 1.29 is 0 Å². The van der Waals surface area contributed by atoms with Gasteiger partial charge in [-0.15, -0.1) is 0 Å². The predicted octanol–water partition coefficient (Wildman–Crippen LogP) is 5.96. The maximum atomic E-state index is 7.51. The van der Waals surface area contributed by atoms with Gasteiger partial charge in [0.15, 0.2) is 0 Å². The smallest absolute Gasteiger partial charge is 0.0720 e. The average molecular weight is 465 g/mol. The molecule has 1 aliphatic carbocycles. The first-order chi connectivity index (χ1) is 15.2. The fourth-order valence-electron chi connectivity index (χ4n) is 5.61. The number of nitrogens with zero attached hydrogens (tertiary/aromatic N) is 2. The Balaban J connectivity index is 1.81. The second kappa shape index (κ2) is 7.67. The number of hydrogen-bond donors (Lipinski definition) is 2. The first-order valence-electron chi connectivity index (χ1n) is 10.9. The Bertz CT molecular complexity index is 1240. The van der Waals surface area contributed by atoms with Gasteiger partial charge in [0.05, 0.1) is 16.6 Å². The second-order valence-electron chi connectivity index (χ2n) is 9.39. The van der Waals surface area contributed by atoms with Gasteiger partial charge < -0.3 is 11.5 Å². The van der Waals surface area contributed by atoms with Crippen molar-refractivity contribution in [1.82, 2.24) is 9.97 Å². The molecule has 32 heavy (non-hydrogen) atoms. The third-order valence-electron chi connectivity index (χ3n) is 7.49. The molecular weight excluding hydrogens is 439 g/mol. The first-order valence-corrected chi connectivity index (χ1v) is 11.6. The number of fused-ring (bicyclic) bond motifs is 2. The van der Waals surface area contributed by atoms with Crippen LogP contribution in [-0.4, -0.2) is 16.0 Å². The number of benzene rings is 2. The summed E-state index contributed by atoms with van der Waals surface area (Å²) in [6.45, 7) is 4.43. The topological polar surface area (TPSA) is 77.8 Å². The molecular formula is C26H26Cl2N4. The highest BCUT2D eigenvalue weighted by Crippen LogP contribution is 2.54. The van der Waals surface area contributed by atoms with E-state index < -0.39 is 11.0 Å². The van der Waals surface area contributed by atoms with Crippen molar-refractivity contribution in [2.24, 2.45) is 17.4 Å². The van der Waals surface area contributed by atoms with Crippen LogP contribution in [0.5, 0.6) is 0 Å². The maximum absolute atomic E-state index is 7.51. The summed E-state index contributed by atoms with van der Waals surface area (Å²) in [5.74, 6) is 0.270. The summed E-state index contributed by atoms with van der Waals surface area (Å²) in [7, 11) is 0. The fraction of sp³-hybridized carbons (Fsp3) is 0.308. The third kappa shape index (κ3) is 3.20. The lowest BCUT2D eigenvalue weighted by Crippen LogP contribution is -2.62. The highest BCUT2D eigenvalue weighted by Gasteiger charge is 2.54. The lowest BCUT2D eigenvalue weighted by Gasteiger charge is -2.55. The van der Waals surface area contributed by atoms with E-state index in [1.165, 1.54) is 0 Å². The summed E-state index contributed by atoms with van der Waals surface area (Å²) in [5, 5.41) is 3.40. The zero-order valence-corrected chi connectivity index (χ0v) is 19.7. The van der Waals surface area contributed by atoms with E-state index in [-0.39, 0.29) is 12.0 Å². The molecule has 1 fully saturated rings. The number of rotatable bonds is 2. The SMILES string of the molecule is CC1CC(N)(c2ccnc3cc(Cl)ccc23)C(C)(c2ccnc3cc(Cl)ccc23)CC1N. The second-order valence-corrected chi connectivity index (χ2v) is 10.3. The molecule has 1 aliphatic rings. The van der Waals surface area contributed by atoms with Crippen molar-refractivity contribution in [3.05, 3.63) is 82.1 Å². The average Bonchev–Trinajstić information content (AvgIpc) is 2.76. The minimum Gasteiger partial charge on any atom is -0.327 e. The normalized spacial score (nSPS) is 28.3. The predicted molar refractivity (Wildman–Crippen MR) is 133 cm³/mol. The highest BCUT2D eigenvalue weighted by atomic mass is 35.5. The zero-order valence-electron chi connectivity index (χ0n) is 18.1. The molecule has 0 bridgehead atoms. The molecule has 4 N–H and O–H groups in total. The number of nitrogens with two attached hydrogens (primary N) is 2. The van der Waals surface area contributed by atoms with E-state index in [0.717, 1.165) is 45.8 Å². The van der Waals surface area contributed by atoms with Crippen LogP contribution in [0.3, 0.4) is 0 Å². The van der Waals surface area contributed by atoms with Crippen molar-refractivity contribution in [2.75, 3.05) is 0 Å². The Kier molecular flexibility index (Phi) is 5.18. The summed E-state index contributed by atoms with van der Waals surface area (Å²) >= 11 is 12.5. The van der Waals surface area contributed by atoms with E-state index in [9.17, 15) is 0 Å². The zero-order chi connectivity index (χ0) is 22.7. The standard InChI is InChI=1S/C26H26Cl2N4/c1-15-13-26(30,21-8-10-32-24-12-17(28)4-6-19(21)24)25(2,14-22(15)29)20-7-9-31-23-11-16(27)3-5-18(20)23/h3-12,15,22H,13-14,29-30H2,1-2H3. The van der Waals surface area contributed by atoms with E-state index in [0.29, 0.717) is 10.0 Å². The largest absolute Gasteiger partial charge is 0.327 e. The van der Waals surface area contributed by atoms with Crippen LogP contribution < -0.4 is 11.5 Å². The molecule has 4 aromatic rings. The molecule has 0 spiro atoms. The highest BCUT2D eigenvalue weighted by molar-refractivity contribution is 6.31. The molecule has 4 nitrogen and oxygen atoms in total. The fourth-order valence-corrected chi connectivity index (χ4v) is 5.94. The minimum atomic E-state index is -0.675. The number of aromatic nitrogens is 2. The van der Waals surface area contributed by atoms with Gasteiger partial charge in [0, 0.05) is 44.7 Å². The van der Waals surface area contributed by atoms with E-state index in [2.05, 4.69) is 35.9 Å². The molecule has 4 unspecified atom stereocenters. The monoisotopic (exact) mass is 464 g/mol. The third-order valence-corrected chi connectivity index (χ3v) is 7.96. The van der Waals surface area contributed by atoms with Gasteiger partial charge >= 0.3 is 0 Å². The van der Waals surface area contributed by atoms with Gasteiger partial charge in [-0.1, -0.05) is 49.2 Å². The Morgan fingerprint density at radius 2 is 1.38 bits per heavy atom. The van der Waals surface area contributed by atoms with Gasteiger partial charge in [-0.3, -0.25) is 9.97 Å². The van der Waals surface area contributed by atoms with E-state index in [1.807, 2.05) is 48.8 Å². The molecule has 4 atom stereocenters. The molecule has 5 rings (SSSR count). The first kappa shape index (κ1) is 21.6. The number of hydrogen-bond acceptors (Lipinski definition) is 4. The van der Waals surface area contributed by atoms with Gasteiger partial charge in [-0.2, -0.15) is 0 Å². The lowest BCUT2D eigenvalue weighted by molar-refractivity contribution is 0.105. The lowest BCUT2D eigenvalue weighted by atomic mass is 9.53. The molecule has 6 heteroatoms. The molecule has 1 saturated carbocycles. The maximum Gasteiger partial charge on any atom is 0.0720 e. The van der Waals surface area contributed by atoms with Gasteiger partial charge in [0.2, 0.25) is 0 Å². The van der Waals surface area contributed by atoms with Crippen LogP contribution in [0.15, 0.2) is 60.9 Å². The van der Waals surface area contributed by atoms with E-state index >= 15 is 0 Å². The van der Waals surface area contributed by atoms with Gasteiger partial charge in [0.25, 0.3) is 0 Å². The van der Waals surface area contributed by atoms with Crippen molar-refractivity contribution in [2.45, 2.75) is 43.7 Å². The van der Waals surface area contributed by atoms with Crippen molar-refractivity contribution in [3.8, 4) is 0 Å². The Morgan fingerprint density at radius 3 is 1.97 bits per heavy atom. The molecule has 164 valence electrons. The Hall–Kier alpha value is -2.24. The summed E-state index contributed by atoms with van der Waals surface area (Å²) in [5.41, 5.74) is 17.0. The molecule has 2 aromatic heterocycles. The summed E-state index contributed by atoms with van der Waals surface area (Å²) in [4.78, 5) is 9.11. The summed E-state index contributed by atoms with van der Waals surface area (Å²) in [6, 6.07) is 15.8. The van der Waals surface area contributed by atoms with Crippen molar-refractivity contribution in [3.63, 3.8) is 0 Å². The number of pyridine rings is 2. The summed E-state index contributed by atoms with van der Waals surface area (Å²) < 4.78 is 0. The van der Waals surface area contributed by atoms with Crippen LogP contribution in [0.25, 0.3) is 21.8 Å². The van der Waals surface area contributed by atoms with Gasteiger partial charge in [0.1, 0.15) is 0 Å². The number of halogens is 2. The quantitative estimate of drug-likeness (QED) is 0.383. The Morgan fingerprint density at radius 1 is 0.844 bits per heavy atom. The molecule has 2 aromatic carbocycles. The molecule has 0 saturated heterocycles. The van der Waals surface area contributed by atoms with Gasteiger partial charge in [-0.05, 0) is 66.3 Å². The van der Waals surface area contributed by atoms with Crippen LogP contribution in [-0.2, 0) is 11.0 Å². The van der Waals surface area contributed by atoms with Crippen LogP contribution in [0, 0.1) is 5.92 Å². The van der Waals surface area contributed by atoms with Crippen LogP contribution in [0.1, 0.15) is 37.8 Å². The van der Waals surface area contributed by atoms with Crippen LogP contribution >= 0.6 is 23.2 Å². The van der Waals surface area contributed by atoms with Gasteiger partial charge in [-0.25, -0.2) is 0 Å². The van der Waals surface area contributed by atoms with E-state index in [4.69, 9.17) is 34.7 Å². The summed E-state index contributed by atoms with van der Waals surface area (Å²) in [6.07, 6.45) is 5.17. The van der Waals surface area contributed by atoms with E-state index in [1.54, 1.807) is 0 Å². The molecule has 2 heterocycles. The van der Waals surface area contributed by atoms with Crippen molar-refractivity contribution in [1.29, 1.82) is 0 Å². The molecule has 0 amide bonds.